The minimum atomic E-state index is -3.67. The summed E-state index contributed by atoms with van der Waals surface area (Å²) >= 11 is 0. The van der Waals surface area contributed by atoms with Crippen molar-refractivity contribution in [2.75, 3.05) is 19.7 Å². The quantitative estimate of drug-likeness (QED) is 0.754. The van der Waals surface area contributed by atoms with Gasteiger partial charge in [0.05, 0.1) is 4.90 Å². The number of sulfonamides is 1. The third kappa shape index (κ3) is 4.35. The highest BCUT2D eigenvalue weighted by atomic mass is 32.2. The van der Waals surface area contributed by atoms with Crippen LogP contribution in [0.3, 0.4) is 0 Å². The number of piperidine rings is 1. The Labute approximate surface area is 165 Å². The number of hydrogen-bond donors (Lipinski definition) is 1. The van der Waals surface area contributed by atoms with Gasteiger partial charge in [-0.05, 0) is 37.3 Å². The van der Waals surface area contributed by atoms with Crippen LogP contribution in [0, 0.1) is 11.8 Å². The Balaban J connectivity index is 1.61. The Kier molecular flexibility index (Phi) is 5.74. The zero-order valence-corrected chi connectivity index (χ0v) is 17.0. The van der Waals surface area contributed by atoms with Crippen LogP contribution in [0.5, 0.6) is 0 Å². The van der Waals surface area contributed by atoms with Crippen molar-refractivity contribution in [2.24, 2.45) is 16.8 Å². The summed E-state index contributed by atoms with van der Waals surface area (Å²) in [7, 11) is -3.67. The average Bonchev–Trinajstić information content (AvgIpc) is 2.89. The molecule has 28 heavy (non-hydrogen) atoms. The van der Waals surface area contributed by atoms with Crippen molar-refractivity contribution in [3.63, 3.8) is 0 Å². The maximum Gasteiger partial charge on any atom is 0.331 e. The standard InChI is InChI=1S/C19H25N3O5S/c1-12-8-13(2)10-22(9-12)17(23)11-27-19(24)14(3)20-18-15-6-4-5-7-16(15)28(25,26)21-18/h4-7,12-14H,8-11H2,1-3H3,(H,20,21). The largest absolute Gasteiger partial charge is 0.454 e. The van der Waals surface area contributed by atoms with Crippen LogP contribution in [0.2, 0.25) is 0 Å². The first kappa shape index (κ1) is 20.3. The molecule has 152 valence electrons. The van der Waals surface area contributed by atoms with Crippen LogP contribution < -0.4 is 4.72 Å². The van der Waals surface area contributed by atoms with Gasteiger partial charge in [0, 0.05) is 18.7 Å². The molecule has 3 rings (SSSR count). The number of aliphatic imine (C=N–C) groups is 1. The van der Waals surface area contributed by atoms with Gasteiger partial charge in [0.2, 0.25) is 0 Å². The number of esters is 1. The van der Waals surface area contributed by atoms with Crippen LogP contribution in [0.1, 0.15) is 32.8 Å². The van der Waals surface area contributed by atoms with Crippen LogP contribution in [0.25, 0.3) is 0 Å². The van der Waals surface area contributed by atoms with Crippen molar-refractivity contribution < 1.29 is 22.7 Å². The van der Waals surface area contributed by atoms with E-state index in [2.05, 4.69) is 23.6 Å². The number of fused-ring (bicyclic) bond motifs is 1. The maximum atomic E-state index is 12.3. The molecule has 1 aromatic carbocycles. The molecule has 0 saturated carbocycles. The van der Waals surface area contributed by atoms with E-state index < -0.39 is 22.0 Å². The predicted molar refractivity (Wildman–Crippen MR) is 103 cm³/mol. The number of carbonyl (C=O) groups excluding carboxylic acids is 2. The van der Waals surface area contributed by atoms with Gasteiger partial charge in [-0.25, -0.2) is 13.2 Å². The zero-order chi connectivity index (χ0) is 20.5. The van der Waals surface area contributed by atoms with Crippen LogP contribution in [-0.2, 0) is 24.3 Å². The summed E-state index contributed by atoms with van der Waals surface area (Å²) in [5, 5.41) is 0. The van der Waals surface area contributed by atoms with Crippen molar-refractivity contribution >= 4 is 27.7 Å². The second kappa shape index (κ2) is 7.90. The number of nitrogens with one attached hydrogen (secondary N) is 1. The van der Waals surface area contributed by atoms with Gasteiger partial charge in [0.1, 0.15) is 11.9 Å². The molecule has 1 fully saturated rings. The molecule has 2 aliphatic rings. The summed E-state index contributed by atoms with van der Waals surface area (Å²) in [6, 6.07) is 5.45. The molecule has 8 nitrogen and oxygen atoms in total. The highest BCUT2D eigenvalue weighted by molar-refractivity contribution is 7.90. The molecule has 1 aromatic rings. The molecule has 9 heteroatoms. The van der Waals surface area contributed by atoms with E-state index in [-0.39, 0.29) is 23.2 Å². The summed E-state index contributed by atoms with van der Waals surface area (Å²) in [5.74, 6) is 0.0412. The van der Waals surface area contributed by atoms with Crippen molar-refractivity contribution in [3.8, 4) is 0 Å². The van der Waals surface area contributed by atoms with E-state index in [0.29, 0.717) is 30.5 Å². The van der Waals surface area contributed by atoms with Crippen LogP contribution in [-0.4, -0.2) is 56.8 Å². The van der Waals surface area contributed by atoms with Gasteiger partial charge in [-0.2, -0.15) is 0 Å². The van der Waals surface area contributed by atoms with Gasteiger partial charge >= 0.3 is 5.97 Å². The molecule has 0 spiro atoms. The highest BCUT2D eigenvalue weighted by Crippen LogP contribution is 2.23. The molecule has 1 amide bonds. The first-order chi connectivity index (χ1) is 13.2. The summed E-state index contributed by atoms with van der Waals surface area (Å²) < 4.78 is 31.7. The number of amides is 1. The normalized spacial score (nSPS) is 25.7. The van der Waals surface area contributed by atoms with E-state index in [1.165, 1.54) is 13.0 Å². The molecule has 2 heterocycles. The van der Waals surface area contributed by atoms with Crippen molar-refractivity contribution in [1.82, 2.24) is 9.62 Å². The molecular weight excluding hydrogens is 382 g/mol. The van der Waals surface area contributed by atoms with E-state index in [1.54, 1.807) is 23.1 Å². The lowest BCUT2D eigenvalue weighted by atomic mass is 9.92. The third-order valence-corrected chi connectivity index (χ3v) is 6.28. The number of rotatable bonds is 4. The molecular formula is C19H25N3O5S. The Morgan fingerprint density at radius 2 is 1.89 bits per heavy atom. The third-order valence-electron chi connectivity index (χ3n) is 4.89. The number of benzene rings is 1. The summed E-state index contributed by atoms with van der Waals surface area (Å²) in [5.41, 5.74) is 0.412. The molecule has 1 saturated heterocycles. The van der Waals surface area contributed by atoms with Crippen molar-refractivity contribution in [3.05, 3.63) is 29.8 Å². The Morgan fingerprint density at radius 3 is 2.57 bits per heavy atom. The lowest BCUT2D eigenvalue weighted by molar-refractivity contribution is -0.153. The van der Waals surface area contributed by atoms with Gasteiger partial charge in [0.15, 0.2) is 6.61 Å². The van der Waals surface area contributed by atoms with Crippen LogP contribution in [0.4, 0.5) is 0 Å². The summed E-state index contributed by atoms with van der Waals surface area (Å²) in [6.45, 7) is 6.69. The van der Waals surface area contributed by atoms with Gasteiger partial charge in [-0.3, -0.25) is 14.5 Å². The molecule has 0 aliphatic carbocycles. The molecule has 2 aliphatic heterocycles. The summed E-state index contributed by atoms with van der Waals surface area (Å²) in [4.78, 5) is 30.6. The van der Waals surface area contributed by atoms with E-state index in [9.17, 15) is 18.0 Å². The van der Waals surface area contributed by atoms with E-state index in [0.717, 1.165) is 6.42 Å². The van der Waals surface area contributed by atoms with Gasteiger partial charge in [0.25, 0.3) is 15.9 Å². The minimum Gasteiger partial charge on any atom is -0.454 e. The second-order valence-corrected chi connectivity index (χ2v) is 9.26. The number of carbonyl (C=O) groups is 2. The fourth-order valence-electron chi connectivity index (χ4n) is 3.69. The maximum absolute atomic E-state index is 12.3. The molecule has 0 aromatic heterocycles. The summed E-state index contributed by atoms with van der Waals surface area (Å²) in [6.07, 6.45) is 1.08. The first-order valence-electron chi connectivity index (χ1n) is 9.32. The fraction of sp³-hybridized carbons (Fsp3) is 0.526. The number of amidine groups is 1. The Bertz CT molecular complexity index is 902. The molecule has 3 unspecified atom stereocenters. The van der Waals surface area contributed by atoms with Crippen LogP contribution in [0.15, 0.2) is 34.2 Å². The lowest BCUT2D eigenvalue weighted by Crippen LogP contribution is -2.44. The number of hydrogen-bond acceptors (Lipinski definition) is 6. The van der Waals surface area contributed by atoms with Gasteiger partial charge in [-0.1, -0.05) is 26.0 Å². The monoisotopic (exact) mass is 407 g/mol. The Morgan fingerprint density at radius 1 is 1.25 bits per heavy atom. The van der Waals surface area contributed by atoms with Gasteiger partial charge in [-0.15, -0.1) is 0 Å². The molecule has 1 N–H and O–H groups in total. The fourth-order valence-corrected chi connectivity index (χ4v) is 4.93. The van der Waals surface area contributed by atoms with E-state index >= 15 is 0 Å². The number of nitrogens with zero attached hydrogens (tertiary/aromatic N) is 2. The number of likely N-dealkylation sites (tertiary alicyclic amines) is 1. The van der Waals surface area contributed by atoms with Gasteiger partial charge < -0.3 is 9.64 Å². The van der Waals surface area contributed by atoms with Crippen LogP contribution >= 0.6 is 0 Å². The molecule has 0 bridgehead atoms. The Hall–Kier alpha value is -2.42. The predicted octanol–water partition coefficient (Wildman–Crippen LogP) is 1.16. The van der Waals surface area contributed by atoms with E-state index in [1.807, 2.05) is 0 Å². The minimum absolute atomic E-state index is 0.102. The molecule has 0 radical (unpaired) electrons. The average molecular weight is 407 g/mol. The lowest BCUT2D eigenvalue weighted by Gasteiger charge is -2.34. The zero-order valence-electron chi connectivity index (χ0n) is 16.2. The molecule has 3 atom stereocenters. The van der Waals surface area contributed by atoms with Crippen molar-refractivity contribution in [2.45, 2.75) is 38.1 Å². The SMILES string of the molecule is CC1CC(C)CN(C(=O)COC(=O)C(C)N=C2NS(=O)(=O)c3ccccc32)C1. The number of ether oxygens (including phenoxy) is 1. The topological polar surface area (TPSA) is 105 Å². The van der Waals surface area contributed by atoms with Crippen molar-refractivity contribution in [1.29, 1.82) is 0 Å². The second-order valence-electron chi connectivity index (χ2n) is 7.61. The smallest absolute Gasteiger partial charge is 0.331 e. The highest BCUT2D eigenvalue weighted by Gasteiger charge is 2.31. The van der Waals surface area contributed by atoms with E-state index in [4.69, 9.17) is 4.74 Å². The first-order valence-corrected chi connectivity index (χ1v) is 10.8.